The van der Waals surface area contributed by atoms with Crippen molar-refractivity contribution in [3.05, 3.63) is 17.0 Å². The van der Waals surface area contributed by atoms with E-state index in [4.69, 9.17) is 23.3 Å². The second-order valence-corrected chi connectivity index (χ2v) is 2.24. The fourth-order valence-corrected chi connectivity index (χ4v) is 0.782. The minimum atomic E-state index is 0.247. The van der Waals surface area contributed by atoms with Gasteiger partial charge in [0.2, 0.25) is 0 Å². The average Bonchev–Trinajstić information content (AvgIpc) is 2.08. The zero-order valence-corrected chi connectivity index (χ0v) is 6.78. The van der Waals surface area contributed by atoms with Gasteiger partial charge in [-0.1, -0.05) is 11.6 Å². The molecule has 0 aromatic carbocycles. The van der Waals surface area contributed by atoms with Crippen molar-refractivity contribution in [3.63, 3.8) is 0 Å². The molecule has 0 atom stereocenters. The molecule has 0 fully saturated rings. The zero-order chi connectivity index (χ0) is 8.97. The Bertz CT molecular complexity index is 298. The topological polar surface area (TPSA) is 102 Å². The highest BCUT2D eigenvalue weighted by Crippen LogP contribution is 2.09. The number of anilines is 1. The normalized spacial score (nSPS) is 10.5. The second-order valence-electron chi connectivity index (χ2n) is 1.85. The molecule has 1 aromatic heterocycles. The van der Waals surface area contributed by atoms with Crippen molar-refractivity contribution in [2.75, 3.05) is 5.43 Å². The van der Waals surface area contributed by atoms with E-state index in [-0.39, 0.29) is 5.15 Å². The molecule has 64 valence electrons. The third kappa shape index (κ3) is 1.80. The fourth-order valence-electron chi connectivity index (χ4n) is 0.648. The van der Waals surface area contributed by atoms with Gasteiger partial charge in [0.1, 0.15) is 10.8 Å². The average molecular weight is 187 g/mol. The molecule has 0 radical (unpaired) electrons. The Labute approximate surface area is 73.6 Å². The number of nitrogen functional groups attached to an aromatic ring is 1. The molecule has 1 rings (SSSR count). The van der Waals surface area contributed by atoms with Crippen LogP contribution in [0.3, 0.4) is 0 Å². The molecular weight excluding hydrogens is 180 g/mol. The van der Waals surface area contributed by atoms with Crippen LogP contribution in [-0.4, -0.2) is 16.2 Å². The highest BCUT2D eigenvalue weighted by Gasteiger charge is 2.01. The quantitative estimate of drug-likeness (QED) is 0.335. The third-order valence-electron chi connectivity index (χ3n) is 1.10. The Hall–Kier alpha value is -1.40. The van der Waals surface area contributed by atoms with Crippen molar-refractivity contribution >= 4 is 23.6 Å². The lowest BCUT2D eigenvalue weighted by Gasteiger charge is -2.01. The van der Waals surface area contributed by atoms with Crippen molar-refractivity contribution in [2.24, 2.45) is 16.8 Å². The van der Waals surface area contributed by atoms with Gasteiger partial charge < -0.3 is 11.3 Å². The van der Waals surface area contributed by atoms with Crippen LogP contribution in [0.15, 0.2) is 11.3 Å². The molecule has 5 N–H and O–H groups in total. The summed E-state index contributed by atoms with van der Waals surface area (Å²) < 4.78 is 0. The first kappa shape index (κ1) is 8.69. The van der Waals surface area contributed by atoms with E-state index < -0.39 is 0 Å². The second kappa shape index (κ2) is 3.84. The maximum atomic E-state index is 5.55. The van der Waals surface area contributed by atoms with Gasteiger partial charge in [-0.25, -0.2) is 15.8 Å². The van der Waals surface area contributed by atoms with E-state index in [0.717, 1.165) is 0 Å². The molecule has 0 unspecified atom stereocenters. The van der Waals surface area contributed by atoms with Crippen LogP contribution in [0.5, 0.6) is 0 Å². The zero-order valence-electron chi connectivity index (χ0n) is 6.03. The van der Waals surface area contributed by atoms with Gasteiger partial charge in [0.15, 0.2) is 5.82 Å². The highest BCUT2D eigenvalue weighted by atomic mass is 35.5. The van der Waals surface area contributed by atoms with Gasteiger partial charge >= 0.3 is 0 Å². The minimum absolute atomic E-state index is 0.247. The van der Waals surface area contributed by atoms with Gasteiger partial charge in [-0.15, -0.1) is 0 Å². The molecule has 0 aliphatic heterocycles. The molecule has 0 spiro atoms. The molecule has 6 nitrogen and oxygen atoms in total. The summed E-state index contributed by atoms with van der Waals surface area (Å²) in [5.74, 6) is 10.4. The first-order valence-corrected chi connectivity index (χ1v) is 3.38. The molecule has 12 heavy (non-hydrogen) atoms. The lowest BCUT2D eigenvalue weighted by atomic mass is 10.4. The van der Waals surface area contributed by atoms with Crippen LogP contribution in [-0.2, 0) is 0 Å². The number of aromatic nitrogens is 2. The molecule has 0 aliphatic carbocycles. The number of nitrogens with zero attached hydrogens (tertiary/aromatic N) is 3. The Morgan fingerprint density at radius 2 is 2.42 bits per heavy atom. The van der Waals surface area contributed by atoms with Crippen molar-refractivity contribution in [3.8, 4) is 0 Å². The minimum Gasteiger partial charge on any atom is -0.323 e. The number of hydrazine groups is 1. The summed E-state index contributed by atoms with van der Waals surface area (Å²) in [6.07, 6.45) is 2.69. The maximum Gasteiger partial charge on any atom is 0.169 e. The van der Waals surface area contributed by atoms with Gasteiger partial charge in [0.05, 0.1) is 12.4 Å². The number of halogens is 1. The SMILES string of the molecule is N/N=C/c1ncc(Cl)nc1NN. The summed E-state index contributed by atoms with van der Waals surface area (Å²) >= 11 is 5.55. The van der Waals surface area contributed by atoms with E-state index in [0.29, 0.717) is 11.5 Å². The van der Waals surface area contributed by atoms with E-state index >= 15 is 0 Å². The fraction of sp³-hybridized carbons (Fsp3) is 0. The third-order valence-corrected chi connectivity index (χ3v) is 1.29. The number of hydrogen-bond acceptors (Lipinski definition) is 6. The number of hydrazone groups is 1. The van der Waals surface area contributed by atoms with Crippen LogP contribution in [0, 0.1) is 0 Å². The number of rotatable bonds is 2. The predicted molar refractivity (Wildman–Crippen MR) is 46.6 cm³/mol. The van der Waals surface area contributed by atoms with Crippen molar-refractivity contribution in [1.29, 1.82) is 0 Å². The predicted octanol–water partition coefficient (Wildman–Crippen LogP) is -0.292. The van der Waals surface area contributed by atoms with Crippen LogP contribution in [0.1, 0.15) is 5.69 Å². The molecule has 0 saturated carbocycles. The lowest BCUT2D eigenvalue weighted by Crippen LogP contribution is -2.12. The summed E-state index contributed by atoms with van der Waals surface area (Å²) in [4.78, 5) is 7.70. The summed E-state index contributed by atoms with van der Waals surface area (Å²) in [5.41, 5.74) is 2.75. The summed E-state index contributed by atoms with van der Waals surface area (Å²) in [6, 6.07) is 0. The van der Waals surface area contributed by atoms with E-state index in [2.05, 4.69) is 20.5 Å². The number of nitrogens with two attached hydrogens (primary N) is 2. The summed E-state index contributed by atoms with van der Waals surface area (Å²) in [5, 5.41) is 3.53. The van der Waals surface area contributed by atoms with Crippen LogP contribution in [0.25, 0.3) is 0 Å². The highest BCUT2D eigenvalue weighted by molar-refractivity contribution is 6.29. The van der Waals surface area contributed by atoms with E-state index in [1.165, 1.54) is 12.4 Å². The molecule has 1 aromatic rings. The van der Waals surface area contributed by atoms with Crippen molar-refractivity contribution in [2.45, 2.75) is 0 Å². The molecule has 0 bridgehead atoms. The Kier molecular flexibility index (Phi) is 2.78. The Morgan fingerprint density at radius 3 is 3.00 bits per heavy atom. The van der Waals surface area contributed by atoms with Crippen LogP contribution < -0.4 is 17.1 Å². The lowest BCUT2D eigenvalue weighted by molar-refractivity contribution is 1.14. The number of hydrogen-bond donors (Lipinski definition) is 3. The standard InChI is InChI=1S/C5H7ClN6/c6-4-2-9-3(1-10-7)5(11-4)12-8/h1-2H,7-8H2,(H,11,12)/b10-1+. The van der Waals surface area contributed by atoms with Gasteiger partial charge in [0, 0.05) is 0 Å². The summed E-state index contributed by atoms with van der Waals surface area (Å²) in [7, 11) is 0. The molecule has 0 aliphatic rings. The largest absolute Gasteiger partial charge is 0.323 e. The first-order valence-electron chi connectivity index (χ1n) is 3.00. The van der Waals surface area contributed by atoms with Crippen LogP contribution >= 0.6 is 11.6 Å². The molecule has 0 saturated heterocycles. The molecule has 7 heteroatoms. The van der Waals surface area contributed by atoms with Gasteiger partial charge in [-0.3, -0.25) is 0 Å². The van der Waals surface area contributed by atoms with Crippen LogP contribution in [0.4, 0.5) is 5.82 Å². The van der Waals surface area contributed by atoms with Crippen molar-refractivity contribution < 1.29 is 0 Å². The van der Waals surface area contributed by atoms with Crippen molar-refractivity contribution in [1.82, 2.24) is 9.97 Å². The van der Waals surface area contributed by atoms with E-state index in [1.807, 2.05) is 0 Å². The first-order chi connectivity index (χ1) is 5.77. The Balaban J connectivity index is 3.10. The van der Waals surface area contributed by atoms with E-state index in [1.54, 1.807) is 0 Å². The monoisotopic (exact) mass is 186 g/mol. The van der Waals surface area contributed by atoms with Gasteiger partial charge in [-0.05, 0) is 0 Å². The Morgan fingerprint density at radius 1 is 1.67 bits per heavy atom. The summed E-state index contributed by atoms with van der Waals surface area (Å²) in [6.45, 7) is 0. The van der Waals surface area contributed by atoms with Gasteiger partial charge in [0.25, 0.3) is 0 Å². The molecule has 1 heterocycles. The maximum absolute atomic E-state index is 5.55. The van der Waals surface area contributed by atoms with Gasteiger partial charge in [-0.2, -0.15) is 5.10 Å². The smallest absolute Gasteiger partial charge is 0.169 e. The molecule has 0 amide bonds. The van der Waals surface area contributed by atoms with Crippen LogP contribution in [0.2, 0.25) is 5.15 Å². The van der Waals surface area contributed by atoms with E-state index in [9.17, 15) is 0 Å². The number of nitrogens with one attached hydrogen (secondary N) is 1. The molecular formula is C5H7ClN6.